The van der Waals surface area contributed by atoms with E-state index in [1.807, 2.05) is 0 Å². The van der Waals surface area contributed by atoms with E-state index in [9.17, 15) is 19.8 Å². The molecule has 3 saturated carbocycles. The standard InChI is InChI=1S/C22H32O4/c1-12(23)19-16(20(25)26)11-18-15-5-4-13-10-14(24)6-8-21(13,2)17(15)7-9-22(18,19)3/h4,14-19,24H,5-11H2,1-3H3,(H,25,26). The second kappa shape index (κ2) is 5.92. The maximum Gasteiger partial charge on any atom is 0.307 e. The number of aliphatic hydroxyl groups is 1. The van der Waals surface area contributed by atoms with Crippen molar-refractivity contribution >= 4 is 11.8 Å². The van der Waals surface area contributed by atoms with E-state index in [2.05, 4.69) is 19.9 Å². The lowest BCUT2D eigenvalue weighted by Crippen LogP contribution is -2.51. The first-order valence-corrected chi connectivity index (χ1v) is 10.3. The highest BCUT2D eigenvalue weighted by Crippen LogP contribution is 2.67. The van der Waals surface area contributed by atoms with E-state index in [1.54, 1.807) is 6.92 Å². The van der Waals surface area contributed by atoms with Crippen molar-refractivity contribution in [2.45, 2.75) is 71.8 Å². The van der Waals surface area contributed by atoms with Crippen LogP contribution in [0.25, 0.3) is 0 Å². The van der Waals surface area contributed by atoms with Crippen LogP contribution in [0.5, 0.6) is 0 Å². The van der Waals surface area contributed by atoms with Crippen molar-refractivity contribution in [2.24, 2.45) is 40.4 Å². The van der Waals surface area contributed by atoms with Crippen molar-refractivity contribution < 1.29 is 19.8 Å². The Hall–Kier alpha value is -1.16. The third-order valence-corrected chi connectivity index (χ3v) is 8.89. The molecule has 0 spiro atoms. The number of carboxylic acids is 1. The lowest BCUT2D eigenvalue weighted by Gasteiger charge is -2.57. The van der Waals surface area contributed by atoms with Crippen molar-refractivity contribution in [1.29, 1.82) is 0 Å². The summed E-state index contributed by atoms with van der Waals surface area (Å²) in [6.07, 6.45) is 8.52. The molecule has 3 fully saturated rings. The zero-order valence-electron chi connectivity index (χ0n) is 16.2. The zero-order valence-corrected chi connectivity index (χ0v) is 16.2. The molecule has 144 valence electrons. The Morgan fingerprint density at radius 2 is 1.88 bits per heavy atom. The number of aliphatic carboxylic acids is 1. The average Bonchev–Trinajstić information content (AvgIpc) is 2.89. The van der Waals surface area contributed by atoms with Gasteiger partial charge in [0, 0.05) is 5.92 Å². The quantitative estimate of drug-likeness (QED) is 0.734. The fourth-order valence-electron chi connectivity index (χ4n) is 7.68. The summed E-state index contributed by atoms with van der Waals surface area (Å²) in [5, 5.41) is 19.9. The number of carbonyl (C=O) groups is 2. The fourth-order valence-corrected chi connectivity index (χ4v) is 7.68. The van der Waals surface area contributed by atoms with Gasteiger partial charge in [-0.05, 0) is 80.5 Å². The molecule has 0 aliphatic heterocycles. The molecule has 2 N–H and O–H groups in total. The van der Waals surface area contributed by atoms with Crippen molar-refractivity contribution in [3.63, 3.8) is 0 Å². The number of hydrogen-bond donors (Lipinski definition) is 2. The summed E-state index contributed by atoms with van der Waals surface area (Å²) >= 11 is 0. The van der Waals surface area contributed by atoms with E-state index < -0.39 is 11.9 Å². The van der Waals surface area contributed by atoms with Gasteiger partial charge in [-0.3, -0.25) is 9.59 Å². The van der Waals surface area contributed by atoms with E-state index in [0.29, 0.717) is 24.2 Å². The average molecular weight is 360 g/mol. The van der Waals surface area contributed by atoms with E-state index in [1.165, 1.54) is 5.57 Å². The predicted octanol–water partition coefficient (Wildman–Crippen LogP) is 3.83. The van der Waals surface area contributed by atoms with Gasteiger partial charge in [0.05, 0.1) is 12.0 Å². The van der Waals surface area contributed by atoms with Crippen LogP contribution in [0.4, 0.5) is 0 Å². The van der Waals surface area contributed by atoms with Crippen molar-refractivity contribution in [1.82, 2.24) is 0 Å². The summed E-state index contributed by atoms with van der Waals surface area (Å²) in [4.78, 5) is 24.3. The van der Waals surface area contributed by atoms with Gasteiger partial charge >= 0.3 is 5.97 Å². The first kappa shape index (κ1) is 18.2. The van der Waals surface area contributed by atoms with Crippen LogP contribution in [-0.2, 0) is 9.59 Å². The summed E-state index contributed by atoms with van der Waals surface area (Å²) in [6, 6.07) is 0. The molecule has 0 aromatic rings. The third kappa shape index (κ3) is 2.37. The van der Waals surface area contributed by atoms with Crippen LogP contribution in [0, 0.1) is 40.4 Å². The molecule has 0 amide bonds. The molecule has 4 rings (SSSR count). The second-order valence-electron chi connectivity index (χ2n) is 9.97. The maximum atomic E-state index is 12.4. The van der Waals surface area contributed by atoms with Crippen LogP contribution in [0.2, 0.25) is 0 Å². The minimum Gasteiger partial charge on any atom is -0.481 e. The number of rotatable bonds is 2. The van der Waals surface area contributed by atoms with Crippen LogP contribution in [0.3, 0.4) is 0 Å². The smallest absolute Gasteiger partial charge is 0.307 e. The highest BCUT2D eigenvalue weighted by molar-refractivity contribution is 5.86. The number of allylic oxidation sites excluding steroid dienone is 1. The molecule has 0 aromatic carbocycles. The molecule has 4 aliphatic rings. The number of Topliss-reactive ketones (excluding diaryl/α,β-unsaturated/α-hetero) is 1. The molecular weight excluding hydrogens is 328 g/mol. The maximum absolute atomic E-state index is 12.4. The van der Waals surface area contributed by atoms with Gasteiger partial charge in [0.15, 0.2) is 0 Å². The number of aliphatic hydroxyl groups excluding tert-OH is 1. The minimum atomic E-state index is -0.795. The van der Waals surface area contributed by atoms with E-state index in [4.69, 9.17) is 0 Å². The van der Waals surface area contributed by atoms with Crippen LogP contribution in [0.1, 0.15) is 65.7 Å². The minimum absolute atomic E-state index is 0.0555. The number of carboxylic acid groups (broad SMARTS) is 1. The molecule has 4 aliphatic carbocycles. The summed E-state index contributed by atoms with van der Waals surface area (Å²) in [7, 11) is 0. The van der Waals surface area contributed by atoms with Crippen LogP contribution in [-0.4, -0.2) is 28.1 Å². The van der Waals surface area contributed by atoms with Gasteiger partial charge in [-0.2, -0.15) is 0 Å². The molecule has 4 nitrogen and oxygen atoms in total. The Bertz CT molecular complexity index is 667. The second-order valence-corrected chi connectivity index (χ2v) is 9.97. The molecule has 0 bridgehead atoms. The van der Waals surface area contributed by atoms with Crippen molar-refractivity contribution in [2.75, 3.05) is 0 Å². The largest absolute Gasteiger partial charge is 0.481 e. The number of hydrogen-bond acceptors (Lipinski definition) is 3. The molecule has 4 heteroatoms. The van der Waals surface area contributed by atoms with Crippen LogP contribution >= 0.6 is 0 Å². The van der Waals surface area contributed by atoms with Crippen LogP contribution < -0.4 is 0 Å². The Labute approximate surface area is 156 Å². The van der Waals surface area contributed by atoms with Crippen molar-refractivity contribution in [3.05, 3.63) is 11.6 Å². The van der Waals surface area contributed by atoms with Gasteiger partial charge in [-0.15, -0.1) is 0 Å². The molecule has 0 radical (unpaired) electrons. The lowest BCUT2D eigenvalue weighted by molar-refractivity contribution is -0.147. The van der Waals surface area contributed by atoms with Gasteiger partial charge in [0.1, 0.15) is 5.78 Å². The molecule has 8 unspecified atom stereocenters. The first-order valence-electron chi connectivity index (χ1n) is 10.3. The molecule has 0 aromatic heterocycles. The Morgan fingerprint density at radius 3 is 2.54 bits per heavy atom. The summed E-state index contributed by atoms with van der Waals surface area (Å²) in [5.41, 5.74) is 1.40. The monoisotopic (exact) mass is 360 g/mol. The van der Waals surface area contributed by atoms with Gasteiger partial charge in [0.2, 0.25) is 0 Å². The number of ketones is 1. The molecule has 8 atom stereocenters. The summed E-state index contributed by atoms with van der Waals surface area (Å²) in [6.45, 7) is 6.15. The number of carbonyl (C=O) groups excluding carboxylic acids is 1. The fraction of sp³-hybridized carbons (Fsp3) is 0.818. The zero-order chi connectivity index (χ0) is 18.9. The Balaban J connectivity index is 1.70. The molecule has 0 heterocycles. The Morgan fingerprint density at radius 1 is 1.15 bits per heavy atom. The van der Waals surface area contributed by atoms with Crippen LogP contribution in [0.15, 0.2) is 11.6 Å². The topological polar surface area (TPSA) is 74.6 Å². The SMILES string of the molecule is CC(=O)C1C(C(=O)O)CC2C3CC=C4CC(O)CCC4(C)C3CCC21C. The Kier molecular flexibility index (Phi) is 4.15. The molecule has 0 saturated heterocycles. The van der Waals surface area contributed by atoms with Crippen molar-refractivity contribution in [3.8, 4) is 0 Å². The number of fused-ring (bicyclic) bond motifs is 5. The van der Waals surface area contributed by atoms with Gasteiger partial charge in [-0.25, -0.2) is 0 Å². The normalized spacial score (nSPS) is 50.2. The van der Waals surface area contributed by atoms with E-state index in [-0.39, 0.29) is 28.6 Å². The predicted molar refractivity (Wildman–Crippen MR) is 98.4 cm³/mol. The van der Waals surface area contributed by atoms with Gasteiger partial charge in [-0.1, -0.05) is 25.5 Å². The summed E-state index contributed by atoms with van der Waals surface area (Å²) < 4.78 is 0. The lowest BCUT2D eigenvalue weighted by atomic mass is 9.47. The van der Waals surface area contributed by atoms with Gasteiger partial charge in [0.25, 0.3) is 0 Å². The van der Waals surface area contributed by atoms with E-state index in [0.717, 1.165) is 38.5 Å². The molecule has 26 heavy (non-hydrogen) atoms. The molecular formula is C22H32O4. The van der Waals surface area contributed by atoms with E-state index >= 15 is 0 Å². The third-order valence-electron chi connectivity index (χ3n) is 8.89. The highest BCUT2D eigenvalue weighted by atomic mass is 16.4. The van der Waals surface area contributed by atoms with Gasteiger partial charge < -0.3 is 10.2 Å². The highest BCUT2D eigenvalue weighted by Gasteiger charge is 2.63. The summed E-state index contributed by atoms with van der Waals surface area (Å²) in [5.74, 6) is -0.240. The first-order chi connectivity index (χ1) is 12.2.